The predicted molar refractivity (Wildman–Crippen MR) is 109 cm³/mol. The summed E-state index contributed by atoms with van der Waals surface area (Å²) < 4.78 is 5.21. The molecule has 0 saturated carbocycles. The third kappa shape index (κ3) is 3.72. The molecule has 3 aromatic rings. The van der Waals surface area contributed by atoms with E-state index in [-0.39, 0.29) is 0 Å². The molecule has 0 aliphatic carbocycles. The number of fused-ring (bicyclic) bond motifs is 1. The first-order valence-corrected chi connectivity index (χ1v) is 10.7. The van der Waals surface area contributed by atoms with Gasteiger partial charge in [-0.3, -0.25) is 9.29 Å². The van der Waals surface area contributed by atoms with Crippen molar-refractivity contribution in [2.24, 2.45) is 0 Å². The fourth-order valence-corrected chi connectivity index (χ4v) is 4.24. The molecular weight excluding hydrogens is 412 g/mol. The smallest absolute Gasteiger partial charge is 0.171 e. The van der Waals surface area contributed by atoms with E-state index in [2.05, 4.69) is 54.0 Å². The van der Waals surface area contributed by atoms with Gasteiger partial charge in [-0.2, -0.15) is 9.61 Å². The number of hydrogen-bond donors (Lipinski definition) is 1. The summed E-state index contributed by atoms with van der Waals surface area (Å²) in [4.78, 5) is 9.08. The second-order valence-corrected chi connectivity index (χ2v) is 8.13. The van der Waals surface area contributed by atoms with Crippen molar-refractivity contribution >= 4 is 39.3 Å². The Labute approximate surface area is 165 Å². The molecule has 1 saturated heterocycles. The number of pyridine rings is 1. The molecule has 0 atom stereocenters. The molecule has 0 spiro atoms. The number of anilines is 1. The van der Waals surface area contributed by atoms with E-state index in [1.165, 1.54) is 0 Å². The van der Waals surface area contributed by atoms with Crippen molar-refractivity contribution in [1.29, 1.82) is 0 Å². The predicted octanol–water partition coefficient (Wildman–Crippen LogP) is 3.96. The lowest BCUT2D eigenvalue weighted by Crippen LogP contribution is -2.27. The maximum atomic E-state index is 4.90. The molecule has 1 N–H and O–H groups in total. The normalized spacial score (nSPS) is 16.2. The minimum atomic E-state index is 0.490. The zero-order chi connectivity index (χ0) is 17.9. The quantitative estimate of drug-likeness (QED) is 0.615. The SMILES string of the molecule is CSN1CCC(c2cc(NCc3cccnc3)n3ncc(Br)c3n2)CC1. The van der Waals surface area contributed by atoms with Crippen LogP contribution in [0.25, 0.3) is 5.65 Å². The Morgan fingerprint density at radius 3 is 2.88 bits per heavy atom. The summed E-state index contributed by atoms with van der Waals surface area (Å²) in [6.07, 6.45) is 9.89. The number of aromatic nitrogens is 4. The topological polar surface area (TPSA) is 58.4 Å². The van der Waals surface area contributed by atoms with Gasteiger partial charge < -0.3 is 5.32 Å². The first kappa shape index (κ1) is 17.8. The number of nitrogens with one attached hydrogen (secondary N) is 1. The number of piperidine rings is 1. The van der Waals surface area contributed by atoms with E-state index in [4.69, 9.17) is 4.98 Å². The van der Waals surface area contributed by atoms with Gasteiger partial charge in [0.15, 0.2) is 5.65 Å². The summed E-state index contributed by atoms with van der Waals surface area (Å²) in [5, 5.41) is 7.96. The highest BCUT2D eigenvalue weighted by Crippen LogP contribution is 2.31. The van der Waals surface area contributed by atoms with Crippen molar-refractivity contribution in [3.05, 3.63) is 52.5 Å². The molecule has 6 nitrogen and oxygen atoms in total. The van der Waals surface area contributed by atoms with Gasteiger partial charge in [0.25, 0.3) is 0 Å². The van der Waals surface area contributed by atoms with Crippen LogP contribution in [-0.2, 0) is 6.54 Å². The molecule has 1 aliphatic heterocycles. The average molecular weight is 433 g/mol. The molecule has 0 unspecified atom stereocenters. The Morgan fingerprint density at radius 2 is 2.15 bits per heavy atom. The van der Waals surface area contributed by atoms with E-state index in [1.807, 2.05) is 28.7 Å². The van der Waals surface area contributed by atoms with Crippen molar-refractivity contribution < 1.29 is 0 Å². The van der Waals surface area contributed by atoms with E-state index in [0.29, 0.717) is 12.5 Å². The number of halogens is 1. The van der Waals surface area contributed by atoms with Crippen LogP contribution in [0.5, 0.6) is 0 Å². The second kappa shape index (κ2) is 7.94. The van der Waals surface area contributed by atoms with Crippen molar-refractivity contribution in [3.63, 3.8) is 0 Å². The van der Waals surface area contributed by atoms with Crippen molar-refractivity contribution in [3.8, 4) is 0 Å². The number of hydrogen-bond acceptors (Lipinski definition) is 6. The lowest BCUT2D eigenvalue weighted by Gasteiger charge is -2.30. The van der Waals surface area contributed by atoms with Gasteiger partial charge in [0, 0.05) is 49.7 Å². The molecule has 0 aromatic carbocycles. The van der Waals surface area contributed by atoms with Crippen LogP contribution in [0.1, 0.15) is 30.0 Å². The lowest BCUT2D eigenvalue weighted by molar-refractivity contribution is 0.343. The summed E-state index contributed by atoms with van der Waals surface area (Å²) >= 11 is 5.41. The van der Waals surface area contributed by atoms with Gasteiger partial charge in [-0.05, 0) is 46.7 Å². The highest BCUT2D eigenvalue weighted by molar-refractivity contribution is 9.10. The van der Waals surface area contributed by atoms with Crippen LogP contribution >= 0.6 is 27.9 Å². The van der Waals surface area contributed by atoms with Crippen LogP contribution in [0, 0.1) is 0 Å². The molecule has 26 heavy (non-hydrogen) atoms. The van der Waals surface area contributed by atoms with Crippen molar-refractivity contribution in [1.82, 2.24) is 23.9 Å². The van der Waals surface area contributed by atoms with Gasteiger partial charge in [0.1, 0.15) is 5.82 Å². The molecule has 1 fully saturated rings. The van der Waals surface area contributed by atoms with E-state index in [0.717, 1.165) is 53.1 Å². The zero-order valence-corrected chi connectivity index (χ0v) is 17.0. The van der Waals surface area contributed by atoms with E-state index in [1.54, 1.807) is 12.4 Å². The average Bonchev–Trinajstić information content (AvgIpc) is 3.08. The third-order valence-corrected chi connectivity index (χ3v) is 6.22. The van der Waals surface area contributed by atoms with E-state index < -0.39 is 0 Å². The fraction of sp³-hybridized carbons (Fsp3) is 0.389. The van der Waals surface area contributed by atoms with Crippen LogP contribution in [0.4, 0.5) is 5.82 Å². The van der Waals surface area contributed by atoms with Gasteiger partial charge in [0.05, 0.1) is 10.7 Å². The molecule has 0 bridgehead atoms. The maximum Gasteiger partial charge on any atom is 0.171 e. The van der Waals surface area contributed by atoms with Crippen LogP contribution in [-0.4, -0.2) is 43.2 Å². The summed E-state index contributed by atoms with van der Waals surface area (Å²) in [6, 6.07) is 6.17. The fourth-order valence-electron chi connectivity index (χ4n) is 3.32. The Kier molecular flexibility index (Phi) is 5.42. The molecule has 0 amide bonds. The van der Waals surface area contributed by atoms with Gasteiger partial charge in [0.2, 0.25) is 0 Å². The molecular formula is C18H21BrN6S. The first-order chi connectivity index (χ1) is 12.7. The van der Waals surface area contributed by atoms with Gasteiger partial charge in [-0.25, -0.2) is 4.98 Å². The molecule has 0 radical (unpaired) electrons. The summed E-state index contributed by atoms with van der Waals surface area (Å²) in [5.74, 6) is 1.45. The highest BCUT2D eigenvalue weighted by atomic mass is 79.9. The van der Waals surface area contributed by atoms with Gasteiger partial charge in [-0.1, -0.05) is 18.0 Å². The lowest BCUT2D eigenvalue weighted by atomic mass is 9.94. The van der Waals surface area contributed by atoms with Crippen molar-refractivity contribution in [2.45, 2.75) is 25.3 Å². The van der Waals surface area contributed by atoms with Crippen LogP contribution in [0.3, 0.4) is 0 Å². The first-order valence-electron chi connectivity index (χ1n) is 8.70. The molecule has 4 rings (SSSR count). The van der Waals surface area contributed by atoms with Crippen LogP contribution < -0.4 is 5.32 Å². The summed E-state index contributed by atoms with van der Waals surface area (Å²) in [7, 11) is 0. The highest BCUT2D eigenvalue weighted by Gasteiger charge is 2.23. The monoisotopic (exact) mass is 432 g/mol. The summed E-state index contributed by atoms with van der Waals surface area (Å²) in [6.45, 7) is 2.92. The second-order valence-electron chi connectivity index (χ2n) is 6.39. The van der Waals surface area contributed by atoms with E-state index in [9.17, 15) is 0 Å². The Hall–Kier alpha value is -1.64. The molecule has 1 aliphatic rings. The largest absolute Gasteiger partial charge is 0.366 e. The standard InChI is InChI=1S/C18H21BrN6S/c1-26-24-7-4-14(5-8-24)16-9-17(21-11-13-3-2-6-20-10-13)25-18(23-16)15(19)12-22-25/h2-3,6,9-10,12,14,21H,4-5,7-8,11H2,1H3. The number of nitrogens with zero attached hydrogens (tertiary/aromatic N) is 5. The summed E-state index contributed by atoms with van der Waals surface area (Å²) in [5.41, 5.74) is 3.15. The van der Waals surface area contributed by atoms with Crippen LogP contribution in [0.15, 0.2) is 41.3 Å². The van der Waals surface area contributed by atoms with Gasteiger partial charge >= 0.3 is 0 Å². The third-order valence-electron chi connectivity index (χ3n) is 4.78. The van der Waals surface area contributed by atoms with E-state index >= 15 is 0 Å². The Bertz CT molecular complexity index is 876. The minimum absolute atomic E-state index is 0.490. The van der Waals surface area contributed by atoms with Crippen molar-refractivity contribution in [2.75, 3.05) is 24.7 Å². The molecule has 136 valence electrons. The maximum absolute atomic E-state index is 4.90. The molecule has 4 heterocycles. The van der Waals surface area contributed by atoms with Gasteiger partial charge in [-0.15, -0.1) is 0 Å². The molecule has 8 heteroatoms. The molecule has 3 aromatic heterocycles. The number of rotatable bonds is 5. The Balaban J connectivity index is 1.61. The Morgan fingerprint density at radius 1 is 1.31 bits per heavy atom. The minimum Gasteiger partial charge on any atom is -0.366 e. The van der Waals surface area contributed by atoms with Crippen LogP contribution in [0.2, 0.25) is 0 Å². The zero-order valence-electron chi connectivity index (χ0n) is 14.6.